The van der Waals surface area contributed by atoms with Crippen LogP contribution < -0.4 is 14.8 Å². The third kappa shape index (κ3) is 3.83. The average Bonchev–Trinajstić information content (AvgIpc) is 2.56. The molecule has 2 aromatic carbocycles. The van der Waals surface area contributed by atoms with Gasteiger partial charge in [0.15, 0.2) is 11.5 Å². The molecule has 2 aromatic rings. The normalized spacial score (nSPS) is 14.2. The highest BCUT2D eigenvalue weighted by molar-refractivity contribution is 5.91. The second-order valence-corrected chi connectivity index (χ2v) is 5.92. The number of amides is 1. The molecule has 4 heteroatoms. The van der Waals surface area contributed by atoms with Crippen molar-refractivity contribution in [1.29, 1.82) is 0 Å². The molecule has 0 aromatic heterocycles. The predicted octanol–water partition coefficient (Wildman–Crippen LogP) is 3.90. The molecule has 3 rings (SSSR count). The van der Waals surface area contributed by atoms with Crippen molar-refractivity contribution in [3.8, 4) is 11.5 Å². The Bertz CT molecular complexity index is 694. The molecule has 0 spiro atoms. The van der Waals surface area contributed by atoms with E-state index < -0.39 is 0 Å². The Labute approximate surface area is 136 Å². The van der Waals surface area contributed by atoms with Crippen molar-refractivity contribution in [2.75, 3.05) is 18.5 Å². The number of nitrogens with one attached hydrogen (secondary N) is 1. The van der Waals surface area contributed by atoms with Crippen LogP contribution in [0.5, 0.6) is 11.5 Å². The van der Waals surface area contributed by atoms with Crippen LogP contribution in [0.15, 0.2) is 42.5 Å². The monoisotopic (exact) mass is 311 g/mol. The molecule has 1 unspecified atom stereocenters. The zero-order valence-corrected chi connectivity index (χ0v) is 13.5. The van der Waals surface area contributed by atoms with Crippen LogP contribution in [0.2, 0.25) is 0 Å². The van der Waals surface area contributed by atoms with E-state index in [-0.39, 0.29) is 11.8 Å². The molecule has 0 bridgehead atoms. The largest absolute Gasteiger partial charge is 0.486 e. The summed E-state index contributed by atoms with van der Waals surface area (Å²) >= 11 is 0. The number of carbonyl (C=O) groups excluding carboxylic acids is 1. The molecule has 4 nitrogen and oxygen atoms in total. The van der Waals surface area contributed by atoms with E-state index in [1.54, 1.807) is 0 Å². The summed E-state index contributed by atoms with van der Waals surface area (Å²) in [6, 6.07) is 13.7. The van der Waals surface area contributed by atoms with Gasteiger partial charge in [0.25, 0.3) is 0 Å². The summed E-state index contributed by atoms with van der Waals surface area (Å²) in [7, 11) is 0. The highest BCUT2D eigenvalue weighted by Crippen LogP contribution is 2.33. The Morgan fingerprint density at radius 3 is 2.52 bits per heavy atom. The number of hydrogen-bond acceptors (Lipinski definition) is 3. The summed E-state index contributed by atoms with van der Waals surface area (Å²) in [4.78, 5) is 12.2. The van der Waals surface area contributed by atoms with Crippen molar-refractivity contribution in [3.63, 3.8) is 0 Å². The summed E-state index contributed by atoms with van der Waals surface area (Å²) in [5.41, 5.74) is 3.08. The third-order valence-corrected chi connectivity index (χ3v) is 3.96. The summed E-state index contributed by atoms with van der Waals surface area (Å²) in [6.45, 7) is 5.22. The highest BCUT2D eigenvalue weighted by Gasteiger charge is 2.16. The van der Waals surface area contributed by atoms with E-state index in [0.717, 1.165) is 22.7 Å². The van der Waals surface area contributed by atoms with Gasteiger partial charge in [0.2, 0.25) is 5.91 Å². The molecule has 0 radical (unpaired) electrons. The topological polar surface area (TPSA) is 47.6 Å². The van der Waals surface area contributed by atoms with Gasteiger partial charge in [-0.25, -0.2) is 0 Å². The lowest BCUT2D eigenvalue weighted by Crippen LogP contribution is -2.16. The maximum Gasteiger partial charge on any atom is 0.224 e. The number of hydrogen-bond donors (Lipinski definition) is 1. The Hall–Kier alpha value is -2.49. The summed E-state index contributed by atoms with van der Waals surface area (Å²) < 4.78 is 11.1. The Kier molecular flexibility index (Phi) is 4.51. The maximum atomic E-state index is 12.2. The van der Waals surface area contributed by atoms with Gasteiger partial charge in [-0.15, -0.1) is 0 Å². The number of ether oxygens (including phenoxy) is 2. The molecule has 0 saturated heterocycles. The molecule has 1 aliphatic rings. The highest BCUT2D eigenvalue weighted by atomic mass is 16.6. The molecule has 1 atom stereocenters. The molecule has 1 aliphatic heterocycles. The van der Waals surface area contributed by atoms with Crippen LogP contribution in [0.4, 0.5) is 5.69 Å². The zero-order valence-electron chi connectivity index (χ0n) is 13.5. The van der Waals surface area contributed by atoms with Gasteiger partial charge in [-0.2, -0.15) is 0 Å². The van der Waals surface area contributed by atoms with Gasteiger partial charge >= 0.3 is 0 Å². The quantitative estimate of drug-likeness (QED) is 0.931. The van der Waals surface area contributed by atoms with Crippen molar-refractivity contribution in [1.82, 2.24) is 0 Å². The SMILES string of the molecule is Cc1ccc(NC(=O)CC(C)c2ccc3c(c2)OCCO3)cc1. The van der Waals surface area contributed by atoms with Crippen molar-refractivity contribution < 1.29 is 14.3 Å². The fraction of sp³-hybridized carbons (Fsp3) is 0.316. The van der Waals surface area contributed by atoms with E-state index in [9.17, 15) is 4.79 Å². The van der Waals surface area contributed by atoms with Gasteiger partial charge in [0.1, 0.15) is 13.2 Å². The Morgan fingerprint density at radius 2 is 1.78 bits per heavy atom. The van der Waals surface area contributed by atoms with Crippen molar-refractivity contribution in [2.24, 2.45) is 0 Å². The zero-order chi connectivity index (χ0) is 16.2. The summed E-state index contributed by atoms with van der Waals surface area (Å²) in [5, 5.41) is 2.94. The van der Waals surface area contributed by atoms with E-state index in [1.807, 2.05) is 56.3 Å². The predicted molar refractivity (Wildman–Crippen MR) is 90.3 cm³/mol. The van der Waals surface area contributed by atoms with Crippen molar-refractivity contribution >= 4 is 11.6 Å². The minimum atomic E-state index is 0.0104. The van der Waals surface area contributed by atoms with Crippen LogP contribution in [-0.2, 0) is 4.79 Å². The van der Waals surface area contributed by atoms with Crippen LogP contribution in [0, 0.1) is 6.92 Å². The molecule has 0 fully saturated rings. The van der Waals surface area contributed by atoms with Crippen LogP contribution >= 0.6 is 0 Å². The molecule has 1 N–H and O–H groups in total. The molecule has 1 heterocycles. The third-order valence-electron chi connectivity index (χ3n) is 3.96. The molecule has 23 heavy (non-hydrogen) atoms. The lowest BCUT2D eigenvalue weighted by atomic mass is 9.97. The lowest BCUT2D eigenvalue weighted by Gasteiger charge is -2.20. The van der Waals surface area contributed by atoms with E-state index in [2.05, 4.69) is 5.32 Å². The van der Waals surface area contributed by atoms with E-state index >= 15 is 0 Å². The van der Waals surface area contributed by atoms with Crippen molar-refractivity contribution in [2.45, 2.75) is 26.2 Å². The second kappa shape index (κ2) is 6.73. The molecular formula is C19H21NO3. The average molecular weight is 311 g/mol. The van der Waals surface area contributed by atoms with Crippen molar-refractivity contribution in [3.05, 3.63) is 53.6 Å². The lowest BCUT2D eigenvalue weighted by molar-refractivity contribution is -0.116. The number of carbonyl (C=O) groups is 1. The number of fused-ring (bicyclic) bond motifs is 1. The van der Waals surface area contributed by atoms with Gasteiger partial charge in [-0.3, -0.25) is 4.79 Å². The number of anilines is 1. The van der Waals surface area contributed by atoms with Gasteiger partial charge < -0.3 is 14.8 Å². The second-order valence-electron chi connectivity index (χ2n) is 5.92. The van der Waals surface area contributed by atoms with Gasteiger partial charge in [-0.1, -0.05) is 30.7 Å². The molecule has 0 aliphatic carbocycles. The molecule has 120 valence electrons. The van der Waals surface area contributed by atoms with Crippen LogP contribution in [0.25, 0.3) is 0 Å². The first-order chi connectivity index (χ1) is 11.1. The summed E-state index contributed by atoms with van der Waals surface area (Å²) in [6.07, 6.45) is 0.424. The van der Waals surface area contributed by atoms with E-state index in [0.29, 0.717) is 19.6 Å². The fourth-order valence-electron chi connectivity index (χ4n) is 2.61. The standard InChI is InChI=1S/C19H21NO3/c1-13-3-6-16(7-4-13)20-19(21)11-14(2)15-5-8-17-18(12-15)23-10-9-22-17/h3-8,12,14H,9-11H2,1-2H3,(H,20,21). The number of rotatable bonds is 4. The minimum Gasteiger partial charge on any atom is -0.486 e. The number of benzene rings is 2. The van der Waals surface area contributed by atoms with Crippen LogP contribution in [-0.4, -0.2) is 19.1 Å². The first kappa shape index (κ1) is 15.4. The van der Waals surface area contributed by atoms with E-state index in [1.165, 1.54) is 5.56 Å². The summed E-state index contributed by atoms with van der Waals surface area (Å²) in [5.74, 6) is 1.66. The van der Waals surface area contributed by atoms with Gasteiger partial charge in [0, 0.05) is 12.1 Å². The molecule has 1 amide bonds. The Balaban J connectivity index is 1.63. The van der Waals surface area contributed by atoms with Crippen LogP contribution in [0.3, 0.4) is 0 Å². The smallest absolute Gasteiger partial charge is 0.224 e. The molecular weight excluding hydrogens is 290 g/mol. The van der Waals surface area contributed by atoms with Crippen LogP contribution in [0.1, 0.15) is 30.4 Å². The minimum absolute atomic E-state index is 0.0104. The first-order valence-corrected chi connectivity index (χ1v) is 7.88. The number of aryl methyl sites for hydroxylation is 1. The fourth-order valence-corrected chi connectivity index (χ4v) is 2.61. The van der Waals surface area contributed by atoms with E-state index in [4.69, 9.17) is 9.47 Å². The molecule has 0 saturated carbocycles. The maximum absolute atomic E-state index is 12.2. The van der Waals surface area contributed by atoms with Gasteiger partial charge in [-0.05, 0) is 42.7 Å². The van der Waals surface area contributed by atoms with Gasteiger partial charge in [0.05, 0.1) is 0 Å². The first-order valence-electron chi connectivity index (χ1n) is 7.88. The Morgan fingerprint density at radius 1 is 1.09 bits per heavy atom.